The second-order valence-corrected chi connectivity index (χ2v) is 8.34. The number of phenolic OH excluding ortho intramolecular Hbond substituents is 1. The molecule has 0 fully saturated rings. The summed E-state index contributed by atoms with van der Waals surface area (Å²) in [5.74, 6) is 0.0406. The Bertz CT molecular complexity index is 894. The summed E-state index contributed by atoms with van der Waals surface area (Å²) in [5, 5.41) is 11.0. The van der Waals surface area contributed by atoms with Crippen molar-refractivity contribution >= 4 is 44.5 Å². The summed E-state index contributed by atoms with van der Waals surface area (Å²) >= 11 is 4.93. The largest absolute Gasteiger partial charge is 0.504 e. The zero-order valence-electron chi connectivity index (χ0n) is 15.5. The summed E-state index contributed by atoms with van der Waals surface area (Å²) in [6.45, 7) is 4.14. The van der Waals surface area contributed by atoms with Crippen LogP contribution in [0.4, 0.5) is 5.00 Å². The number of benzene rings is 1. The standard InChI is InChI=1S/C19H21BrN2O4S/c1-4-26-14-8-12(20)7-11(17(14)23)9-21-18-16(19(24)25-3)13-5-6-22(2)10-15(13)27-18/h7-9,23H,4-6,10H2,1-3H3/p+1/b21-9+. The van der Waals surface area contributed by atoms with Crippen LogP contribution >= 0.6 is 27.3 Å². The van der Waals surface area contributed by atoms with Gasteiger partial charge in [-0.1, -0.05) is 15.9 Å². The molecule has 1 atom stereocenters. The van der Waals surface area contributed by atoms with Gasteiger partial charge in [0.15, 0.2) is 11.5 Å². The summed E-state index contributed by atoms with van der Waals surface area (Å²) in [7, 11) is 3.52. The number of carbonyl (C=O) groups is 1. The Morgan fingerprint density at radius 3 is 2.96 bits per heavy atom. The van der Waals surface area contributed by atoms with Crippen molar-refractivity contribution < 1.29 is 24.3 Å². The number of likely N-dealkylation sites (N-methyl/N-ethyl adjacent to an activating group) is 1. The van der Waals surface area contributed by atoms with Crippen LogP contribution in [0.25, 0.3) is 0 Å². The van der Waals surface area contributed by atoms with E-state index in [0.717, 1.165) is 29.5 Å². The third-order valence-electron chi connectivity index (χ3n) is 4.42. The maximum Gasteiger partial charge on any atom is 0.341 e. The normalized spacial score (nSPS) is 16.4. The number of phenols is 1. The van der Waals surface area contributed by atoms with Crippen molar-refractivity contribution in [2.24, 2.45) is 4.99 Å². The molecule has 1 aromatic carbocycles. The summed E-state index contributed by atoms with van der Waals surface area (Å²) in [5.41, 5.74) is 2.09. The molecule has 0 spiro atoms. The average Bonchev–Trinajstić information content (AvgIpc) is 3.00. The number of rotatable bonds is 5. The average molecular weight is 454 g/mol. The SMILES string of the molecule is CCOc1cc(Br)cc(/C=N/c2sc3c(c2C(=O)OC)CC[NH+](C)C3)c1O. The first-order valence-electron chi connectivity index (χ1n) is 8.68. The Balaban J connectivity index is 2.02. The van der Waals surface area contributed by atoms with Crippen LogP contribution in [0.3, 0.4) is 0 Å². The maximum absolute atomic E-state index is 12.3. The molecular formula is C19H22BrN2O4S+. The van der Waals surface area contributed by atoms with Crippen molar-refractivity contribution in [1.29, 1.82) is 0 Å². The minimum Gasteiger partial charge on any atom is -0.504 e. The molecule has 0 saturated heterocycles. The third kappa shape index (κ3) is 4.17. The first-order chi connectivity index (χ1) is 12.9. The highest BCUT2D eigenvalue weighted by Gasteiger charge is 2.29. The molecule has 6 nitrogen and oxygen atoms in total. The Labute approximate surface area is 170 Å². The molecule has 144 valence electrons. The van der Waals surface area contributed by atoms with Gasteiger partial charge in [-0.05, 0) is 24.6 Å². The molecule has 1 unspecified atom stereocenters. The van der Waals surface area contributed by atoms with E-state index in [1.807, 2.05) is 6.92 Å². The summed E-state index contributed by atoms with van der Waals surface area (Å²) < 4.78 is 11.2. The van der Waals surface area contributed by atoms with E-state index < -0.39 is 0 Å². The Morgan fingerprint density at radius 1 is 1.48 bits per heavy atom. The van der Waals surface area contributed by atoms with Crippen molar-refractivity contribution in [1.82, 2.24) is 0 Å². The lowest BCUT2D eigenvalue weighted by Gasteiger charge is -2.19. The molecule has 0 amide bonds. The van der Waals surface area contributed by atoms with Gasteiger partial charge in [0, 0.05) is 22.7 Å². The number of ether oxygens (including phenoxy) is 2. The van der Waals surface area contributed by atoms with Crippen molar-refractivity contribution in [3.63, 3.8) is 0 Å². The highest BCUT2D eigenvalue weighted by molar-refractivity contribution is 9.10. The number of aliphatic imine (C=N–C) groups is 1. The van der Waals surface area contributed by atoms with Crippen molar-refractivity contribution in [2.45, 2.75) is 19.9 Å². The fourth-order valence-electron chi connectivity index (χ4n) is 3.10. The lowest BCUT2D eigenvalue weighted by molar-refractivity contribution is -0.895. The molecule has 2 N–H and O–H groups in total. The molecule has 1 aromatic heterocycles. The highest BCUT2D eigenvalue weighted by Crippen LogP contribution is 2.38. The smallest absolute Gasteiger partial charge is 0.341 e. The van der Waals surface area contributed by atoms with Gasteiger partial charge in [0.25, 0.3) is 0 Å². The van der Waals surface area contributed by atoms with Gasteiger partial charge in [0.05, 0.1) is 32.2 Å². The number of quaternary nitrogens is 1. The zero-order valence-corrected chi connectivity index (χ0v) is 17.9. The zero-order chi connectivity index (χ0) is 19.6. The number of carbonyl (C=O) groups excluding carboxylic acids is 1. The van der Waals surface area contributed by atoms with E-state index in [4.69, 9.17) is 9.47 Å². The molecule has 27 heavy (non-hydrogen) atoms. The quantitative estimate of drug-likeness (QED) is 0.539. The highest BCUT2D eigenvalue weighted by atomic mass is 79.9. The predicted octanol–water partition coefficient (Wildman–Crippen LogP) is 2.72. The molecule has 0 aliphatic carbocycles. The van der Waals surface area contributed by atoms with Gasteiger partial charge in [-0.3, -0.25) is 0 Å². The Morgan fingerprint density at radius 2 is 2.26 bits per heavy atom. The van der Waals surface area contributed by atoms with Crippen LogP contribution in [0.1, 0.15) is 33.3 Å². The number of halogens is 1. The van der Waals surface area contributed by atoms with Gasteiger partial charge in [0.1, 0.15) is 17.1 Å². The fourth-order valence-corrected chi connectivity index (χ4v) is 4.84. The molecule has 1 aliphatic heterocycles. The molecule has 2 aromatic rings. The van der Waals surface area contributed by atoms with Crippen molar-refractivity contribution in [3.05, 3.63) is 38.2 Å². The monoisotopic (exact) mass is 453 g/mol. The Kier molecular flexibility index (Phi) is 6.18. The number of nitrogens with zero attached hydrogens (tertiary/aromatic N) is 1. The van der Waals surface area contributed by atoms with Crippen molar-refractivity contribution in [2.75, 3.05) is 27.3 Å². The van der Waals surface area contributed by atoms with Crippen LogP contribution in [0.5, 0.6) is 11.5 Å². The minimum atomic E-state index is -0.368. The van der Waals surface area contributed by atoms with Gasteiger partial charge in [0.2, 0.25) is 0 Å². The second-order valence-electron chi connectivity index (χ2n) is 6.34. The lowest BCUT2D eigenvalue weighted by Crippen LogP contribution is -3.08. The molecular weight excluding hydrogens is 432 g/mol. The molecule has 0 bridgehead atoms. The number of methoxy groups -OCH3 is 1. The van der Waals surface area contributed by atoms with E-state index in [1.54, 1.807) is 18.3 Å². The molecule has 2 heterocycles. The molecule has 0 saturated carbocycles. The van der Waals surface area contributed by atoms with Gasteiger partial charge in [-0.15, -0.1) is 11.3 Å². The molecule has 3 rings (SSSR count). The van der Waals surface area contributed by atoms with E-state index in [0.29, 0.717) is 28.5 Å². The number of thiophene rings is 1. The topological polar surface area (TPSA) is 72.6 Å². The second kappa shape index (κ2) is 8.41. The van der Waals surface area contributed by atoms with Crippen LogP contribution in [0.2, 0.25) is 0 Å². The van der Waals surface area contributed by atoms with Crippen LogP contribution in [-0.4, -0.2) is 44.6 Å². The third-order valence-corrected chi connectivity index (χ3v) is 6.01. The summed E-state index contributed by atoms with van der Waals surface area (Å²) in [4.78, 5) is 19.4. The van der Waals surface area contributed by atoms with Gasteiger partial charge in [-0.25, -0.2) is 9.79 Å². The van der Waals surface area contributed by atoms with E-state index in [9.17, 15) is 9.90 Å². The van der Waals surface area contributed by atoms with E-state index >= 15 is 0 Å². The van der Waals surface area contributed by atoms with E-state index in [2.05, 4.69) is 28.0 Å². The maximum atomic E-state index is 12.3. The van der Waals surface area contributed by atoms with Crippen LogP contribution in [0.15, 0.2) is 21.6 Å². The number of hydrogen-bond donors (Lipinski definition) is 2. The number of hydrogen-bond acceptors (Lipinski definition) is 6. The van der Waals surface area contributed by atoms with Crippen LogP contribution in [-0.2, 0) is 17.7 Å². The molecule has 1 aliphatic rings. The fraction of sp³-hybridized carbons (Fsp3) is 0.368. The first kappa shape index (κ1) is 19.9. The number of fused-ring (bicyclic) bond motifs is 1. The van der Waals surface area contributed by atoms with Crippen molar-refractivity contribution in [3.8, 4) is 11.5 Å². The first-order valence-corrected chi connectivity index (χ1v) is 10.3. The number of aromatic hydroxyl groups is 1. The van der Waals surface area contributed by atoms with Gasteiger partial charge >= 0.3 is 5.97 Å². The minimum absolute atomic E-state index is 0.0221. The van der Waals surface area contributed by atoms with Gasteiger partial charge in [-0.2, -0.15) is 0 Å². The predicted molar refractivity (Wildman–Crippen MR) is 109 cm³/mol. The van der Waals surface area contributed by atoms with E-state index in [-0.39, 0.29) is 11.7 Å². The number of nitrogens with one attached hydrogen (secondary N) is 1. The summed E-state index contributed by atoms with van der Waals surface area (Å²) in [6, 6.07) is 3.46. The Hall–Kier alpha value is -1.90. The van der Waals surface area contributed by atoms with Crippen LogP contribution in [0, 0.1) is 0 Å². The van der Waals surface area contributed by atoms with Gasteiger partial charge < -0.3 is 19.5 Å². The molecule has 8 heteroatoms. The van der Waals surface area contributed by atoms with Crippen LogP contribution < -0.4 is 9.64 Å². The lowest BCUT2D eigenvalue weighted by atomic mass is 10.0. The van der Waals surface area contributed by atoms with E-state index in [1.165, 1.54) is 28.2 Å². The number of esters is 1. The molecule has 0 radical (unpaired) electrons. The summed E-state index contributed by atoms with van der Waals surface area (Å²) in [6.07, 6.45) is 2.39.